The molecule has 0 saturated heterocycles. The van der Waals surface area contributed by atoms with Crippen molar-refractivity contribution in [1.29, 1.82) is 0 Å². The first-order valence-corrected chi connectivity index (χ1v) is 17.9. The number of benzene rings is 4. The van der Waals surface area contributed by atoms with Gasteiger partial charge in [-0.3, -0.25) is 13.9 Å². The molecule has 1 fully saturated rings. The summed E-state index contributed by atoms with van der Waals surface area (Å²) in [7, 11) is -4.15. The van der Waals surface area contributed by atoms with Crippen LogP contribution in [0, 0.1) is 13.8 Å². The number of carbonyl (C=O) groups excluding carboxylic acids is 2. The minimum atomic E-state index is -4.15. The predicted octanol–water partition coefficient (Wildman–Crippen LogP) is 6.96. The molecule has 0 radical (unpaired) electrons. The van der Waals surface area contributed by atoms with E-state index in [0.717, 1.165) is 52.2 Å². The molecule has 0 bridgehead atoms. The maximum atomic E-state index is 14.6. The van der Waals surface area contributed by atoms with Gasteiger partial charge < -0.3 is 10.2 Å². The summed E-state index contributed by atoms with van der Waals surface area (Å²) < 4.78 is 30.2. The third-order valence-corrected chi connectivity index (χ3v) is 10.7. The van der Waals surface area contributed by atoms with Gasteiger partial charge in [0.05, 0.1) is 10.6 Å². The smallest absolute Gasteiger partial charge is 0.264 e. The number of anilines is 1. The molecule has 1 saturated carbocycles. The molecular weight excluding hydrogens is 662 g/mol. The van der Waals surface area contributed by atoms with Gasteiger partial charge in [-0.15, -0.1) is 0 Å². The highest BCUT2D eigenvalue weighted by atomic mass is 79.9. The molecule has 1 aliphatic carbocycles. The van der Waals surface area contributed by atoms with Crippen LogP contribution >= 0.6 is 15.9 Å². The second kappa shape index (κ2) is 15.1. The van der Waals surface area contributed by atoms with Crippen LogP contribution in [0.4, 0.5) is 5.69 Å². The van der Waals surface area contributed by atoms with Gasteiger partial charge in [-0.05, 0) is 68.1 Å². The Morgan fingerprint density at radius 3 is 2.09 bits per heavy atom. The van der Waals surface area contributed by atoms with E-state index in [1.165, 1.54) is 0 Å². The number of carbonyl (C=O) groups is 2. The number of amides is 2. The lowest BCUT2D eigenvalue weighted by atomic mass is 10.0. The summed E-state index contributed by atoms with van der Waals surface area (Å²) in [6, 6.07) is 30.1. The van der Waals surface area contributed by atoms with Gasteiger partial charge in [0.1, 0.15) is 12.6 Å². The van der Waals surface area contributed by atoms with Crippen molar-refractivity contribution < 1.29 is 18.0 Å². The fourth-order valence-electron chi connectivity index (χ4n) is 5.81. The number of nitrogens with zero attached hydrogens (tertiary/aromatic N) is 2. The lowest BCUT2D eigenvalue weighted by Crippen LogP contribution is -2.54. The van der Waals surface area contributed by atoms with Crippen molar-refractivity contribution >= 4 is 43.5 Å². The summed E-state index contributed by atoms with van der Waals surface area (Å²) in [5.41, 5.74) is 4.10. The number of sulfonamides is 1. The number of halogens is 1. The minimum absolute atomic E-state index is 0.0576. The monoisotopic (exact) mass is 701 g/mol. The lowest BCUT2D eigenvalue weighted by molar-refractivity contribution is -0.140. The molecule has 0 heterocycles. The standard InChI is InChI=1S/C37H40BrN3O4S/c1-27-15-19-30(20-16-27)25-40(35(23-29-9-4-3-5-10-29)37(43)39-32-12-6-7-13-32)36(42)26-41(33-14-8-11-31(38)24-33)46(44,45)34-21-17-28(2)18-22-34/h3-5,8-11,14-22,24,32,35H,6-7,12-13,23,25-26H2,1-2H3,(H,39,43)/t35-/m1/s1. The van der Waals surface area contributed by atoms with Crippen LogP contribution in [-0.2, 0) is 32.6 Å². The number of hydrogen-bond donors (Lipinski definition) is 1. The number of rotatable bonds is 12. The van der Waals surface area contributed by atoms with E-state index in [1.807, 2.05) is 68.4 Å². The van der Waals surface area contributed by atoms with Gasteiger partial charge in [-0.25, -0.2) is 8.42 Å². The first kappa shape index (κ1) is 33.4. The molecule has 46 heavy (non-hydrogen) atoms. The van der Waals surface area contributed by atoms with Crippen LogP contribution in [0.3, 0.4) is 0 Å². The molecule has 0 spiro atoms. The summed E-state index contributed by atoms with van der Waals surface area (Å²) >= 11 is 3.46. The Morgan fingerprint density at radius 2 is 1.46 bits per heavy atom. The molecule has 1 N–H and O–H groups in total. The van der Waals surface area contributed by atoms with Gasteiger partial charge in [0.2, 0.25) is 11.8 Å². The molecule has 0 unspecified atom stereocenters. The molecular formula is C37H40BrN3O4S. The van der Waals surface area contributed by atoms with E-state index in [4.69, 9.17) is 0 Å². The fraction of sp³-hybridized carbons (Fsp3) is 0.297. The normalized spacial score (nSPS) is 14.1. The minimum Gasteiger partial charge on any atom is -0.352 e. The van der Waals surface area contributed by atoms with Crippen molar-refractivity contribution in [3.05, 3.63) is 130 Å². The van der Waals surface area contributed by atoms with Crippen molar-refractivity contribution in [2.75, 3.05) is 10.8 Å². The zero-order valence-corrected chi connectivity index (χ0v) is 28.6. The summed E-state index contributed by atoms with van der Waals surface area (Å²) in [4.78, 5) is 30.4. The first-order valence-electron chi connectivity index (χ1n) is 15.6. The summed E-state index contributed by atoms with van der Waals surface area (Å²) in [5.74, 6) is -0.703. The van der Waals surface area contributed by atoms with E-state index >= 15 is 0 Å². The third-order valence-electron chi connectivity index (χ3n) is 8.43. The summed E-state index contributed by atoms with van der Waals surface area (Å²) in [5, 5.41) is 3.21. The number of nitrogens with one attached hydrogen (secondary N) is 1. The molecule has 2 amide bonds. The van der Waals surface area contributed by atoms with Crippen molar-refractivity contribution in [2.24, 2.45) is 0 Å². The van der Waals surface area contributed by atoms with Crippen molar-refractivity contribution in [3.63, 3.8) is 0 Å². The topological polar surface area (TPSA) is 86.8 Å². The van der Waals surface area contributed by atoms with E-state index in [9.17, 15) is 18.0 Å². The Labute approximate surface area is 280 Å². The van der Waals surface area contributed by atoms with Gasteiger partial charge in [0.25, 0.3) is 10.0 Å². The van der Waals surface area contributed by atoms with Gasteiger partial charge in [0, 0.05) is 23.5 Å². The van der Waals surface area contributed by atoms with Crippen molar-refractivity contribution in [2.45, 2.75) is 69.5 Å². The maximum Gasteiger partial charge on any atom is 0.264 e. The molecule has 1 atom stereocenters. The summed E-state index contributed by atoms with van der Waals surface area (Å²) in [6.07, 6.45) is 4.21. The lowest BCUT2D eigenvalue weighted by Gasteiger charge is -2.34. The Bertz CT molecular complexity index is 1740. The van der Waals surface area contributed by atoms with Crippen LogP contribution < -0.4 is 9.62 Å². The molecule has 7 nitrogen and oxygen atoms in total. The highest BCUT2D eigenvalue weighted by Gasteiger charge is 2.35. The highest BCUT2D eigenvalue weighted by Crippen LogP contribution is 2.28. The predicted molar refractivity (Wildman–Crippen MR) is 186 cm³/mol. The molecule has 1 aliphatic rings. The largest absolute Gasteiger partial charge is 0.352 e. The quantitative estimate of drug-likeness (QED) is 0.173. The molecule has 240 valence electrons. The molecule has 0 aliphatic heterocycles. The van der Waals surface area contributed by atoms with E-state index in [0.29, 0.717) is 16.6 Å². The second-order valence-corrected chi connectivity index (χ2v) is 14.8. The van der Waals surface area contributed by atoms with E-state index < -0.39 is 28.5 Å². The maximum absolute atomic E-state index is 14.6. The number of hydrogen-bond acceptors (Lipinski definition) is 4. The molecule has 0 aromatic heterocycles. The summed E-state index contributed by atoms with van der Waals surface area (Å²) in [6.45, 7) is 3.54. The molecule has 4 aromatic rings. The van der Waals surface area contributed by atoms with Crippen LogP contribution in [0.15, 0.2) is 112 Å². The van der Waals surface area contributed by atoms with Crippen molar-refractivity contribution in [3.8, 4) is 0 Å². The van der Waals surface area contributed by atoms with Gasteiger partial charge in [-0.1, -0.05) is 113 Å². The van der Waals surface area contributed by atoms with Crippen molar-refractivity contribution in [1.82, 2.24) is 10.2 Å². The Hall–Kier alpha value is -3.95. The zero-order chi connectivity index (χ0) is 32.7. The Morgan fingerprint density at radius 1 is 0.826 bits per heavy atom. The van der Waals surface area contributed by atoms with Gasteiger partial charge >= 0.3 is 0 Å². The average Bonchev–Trinajstić information content (AvgIpc) is 3.56. The van der Waals surface area contributed by atoms with E-state index in [-0.39, 0.29) is 23.4 Å². The Kier molecular flexibility index (Phi) is 11.0. The molecule has 4 aromatic carbocycles. The van der Waals surface area contributed by atoms with E-state index in [2.05, 4.69) is 21.2 Å². The fourth-order valence-corrected chi connectivity index (χ4v) is 7.60. The van der Waals surface area contributed by atoms with E-state index in [1.54, 1.807) is 53.4 Å². The molecule has 9 heteroatoms. The SMILES string of the molecule is Cc1ccc(CN(C(=O)CN(c2cccc(Br)c2)S(=O)(=O)c2ccc(C)cc2)[C@H](Cc2ccccc2)C(=O)NC2CCCC2)cc1. The van der Waals surface area contributed by atoms with Crippen LogP contribution in [0.25, 0.3) is 0 Å². The first-order chi connectivity index (χ1) is 22.1. The third kappa shape index (κ3) is 8.44. The molecule has 5 rings (SSSR count). The van der Waals surface area contributed by atoms with Crippen LogP contribution in [0.5, 0.6) is 0 Å². The second-order valence-electron chi connectivity index (χ2n) is 12.0. The van der Waals surface area contributed by atoms with Crippen LogP contribution in [0.2, 0.25) is 0 Å². The van der Waals surface area contributed by atoms with Crippen LogP contribution in [0.1, 0.15) is 47.9 Å². The Balaban J connectivity index is 1.56. The van der Waals surface area contributed by atoms with Gasteiger partial charge in [-0.2, -0.15) is 0 Å². The highest BCUT2D eigenvalue weighted by molar-refractivity contribution is 9.10. The van der Waals surface area contributed by atoms with Gasteiger partial charge in [0.15, 0.2) is 0 Å². The average molecular weight is 703 g/mol. The zero-order valence-electron chi connectivity index (χ0n) is 26.2. The van der Waals surface area contributed by atoms with Crippen LogP contribution in [-0.4, -0.2) is 43.8 Å². The number of aryl methyl sites for hydroxylation is 2.